The van der Waals surface area contributed by atoms with E-state index in [4.69, 9.17) is 11.6 Å². The van der Waals surface area contributed by atoms with Crippen molar-refractivity contribution in [3.05, 3.63) is 66.3 Å². The van der Waals surface area contributed by atoms with Gasteiger partial charge >= 0.3 is 0 Å². The standard InChI is InChI=1S/C22H22ClFN4O2S2/c1-12-19(32-13(2)26-12)22(30)28-7-5-14(6-8-28)21-27-18(11-31-21)20(29)25-10-15-3-4-16(23)9-17(15)24/h3-4,9,11,14H,5-8,10H2,1-2H3,(H,25,29). The third-order valence-electron chi connectivity index (χ3n) is 5.44. The predicted octanol–water partition coefficient (Wildman–Crippen LogP) is 4.96. The number of halogens is 2. The number of amides is 2. The van der Waals surface area contributed by atoms with Crippen LogP contribution in [0.5, 0.6) is 0 Å². The van der Waals surface area contributed by atoms with Gasteiger partial charge in [0.25, 0.3) is 11.8 Å². The van der Waals surface area contributed by atoms with E-state index in [1.165, 1.54) is 28.7 Å². The summed E-state index contributed by atoms with van der Waals surface area (Å²) in [4.78, 5) is 36.7. The first-order valence-electron chi connectivity index (χ1n) is 10.2. The van der Waals surface area contributed by atoms with E-state index in [1.807, 2.05) is 18.7 Å². The Morgan fingerprint density at radius 1 is 1.25 bits per heavy atom. The fraction of sp³-hybridized carbons (Fsp3) is 0.364. The first kappa shape index (κ1) is 22.8. The van der Waals surface area contributed by atoms with Gasteiger partial charge < -0.3 is 10.2 Å². The summed E-state index contributed by atoms with van der Waals surface area (Å²) in [7, 11) is 0. The van der Waals surface area contributed by atoms with E-state index in [0.717, 1.165) is 28.6 Å². The van der Waals surface area contributed by atoms with Crippen LogP contribution < -0.4 is 5.32 Å². The van der Waals surface area contributed by atoms with E-state index in [1.54, 1.807) is 17.5 Å². The molecule has 0 aliphatic carbocycles. The van der Waals surface area contributed by atoms with E-state index in [-0.39, 0.29) is 24.3 Å². The van der Waals surface area contributed by atoms with E-state index in [9.17, 15) is 14.0 Å². The Kier molecular flexibility index (Phi) is 6.88. The molecule has 1 aliphatic rings. The maximum absolute atomic E-state index is 13.9. The largest absolute Gasteiger partial charge is 0.346 e. The van der Waals surface area contributed by atoms with Crippen LogP contribution in [0, 0.1) is 19.7 Å². The summed E-state index contributed by atoms with van der Waals surface area (Å²) in [5, 5.41) is 6.53. The average molecular weight is 493 g/mol. The lowest BCUT2D eigenvalue weighted by Crippen LogP contribution is -2.37. The molecule has 2 aromatic heterocycles. The Balaban J connectivity index is 1.32. The van der Waals surface area contributed by atoms with E-state index in [0.29, 0.717) is 34.2 Å². The topological polar surface area (TPSA) is 75.2 Å². The van der Waals surface area contributed by atoms with Gasteiger partial charge in [-0.1, -0.05) is 17.7 Å². The molecule has 1 N–H and O–H groups in total. The van der Waals surface area contributed by atoms with Crippen LogP contribution in [0.1, 0.15) is 60.2 Å². The summed E-state index contributed by atoms with van der Waals surface area (Å²) in [6.45, 7) is 5.13. The summed E-state index contributed by atoms with van der Waals surface area (Å²) in [5.74, 6) is -0.545. The van der Waals surface area contributed by atoms with E-state index >= 15 is 0 Å². The van der Waals surface area contributed by atoms with Gasteiger partial charge in [-0.15, -0.1) is 22.7 Å². The van der Waals surface area contributed by atoms with Gasteiger partial charge in [0.1, 0.15) is 16.4 Å². The number of hydrogen-bond acceptors (Lipinski definition) is 6. The van der Waals surface area contributed by atoms with Gasteiger partial charge in [-0.2, -0.15) is 0 Å². The third-order valence-corrected chi connectivity index (χ3v) is 7.74. The van der Waals surface area contributed by atoms with Crippen molar-refractivity contribution in [2.75, 3.05) is 13.1 Å². The van der Waals surface area contributed by atoms with Crippen molar-refractivity contribution < 1.29 is 14.0 Å². The smallest absolute Gasteiger partial charge is 0.271 e. The number of likely N-dealkylation sites (tertiary alicyclic amines) is 1. The lowest BCUT2D eigenvalue weighted by Gasteiger charge is -2.30. The van der Waals surface area contributed by atoms with Crippen molar-refractivity contribution in [3.8, 4) is 0 Å². The zero-order valence-corrected chi connectivity index (χ0v) is 20.0. The van der Waals surface area contributed by atoms with Crippen LogP contribution >= 0.6 is 34.3 Å². The predicted molar refractivity (Wildman–Crippen MR) is 124 cm³/mol. The molecule has 3 heterocycles. The Hall–Kier alpha value is -2.36. The highest BCUT2D eigenvalue weighted by atomic mass is 35.5. The lowest BCUT2D eigenvalue weighted by atomic mass is 9.97. The number of hydrogen-bond donors (Lipinski definition) is 1. The van der Waals surface area contributed by atoms with Crippen molar-refractivity contribution >= 4 is 46.1 Å². The van der Waals surface area contributed by atoms with Gasteiger partial charge in [0.15, 0.2) is 0 Å². The lowest BCUT2D eigenvalue weighted by molar-refractivity contribution is 0.0717. The van der Waals surface area contributed by atoms with Crippen LogP contribution in [-0.4, -0.2) is 39.8 Å². The molecule has 168 valence electrons. The van der Waals surface area contributed by atoms with Crippen LogP contribution in [0.4, 0.5) is 4.39 Å². The minimum atomic E-state index is -0.457. The number of nitrogens with zero attached hydrogens (tertiary/aromatic N) is 3. The molecule has 1 aromatic carbocycles. The highest BCUT2D eigenvalue weighted by Crippen LogP contribution is 2.31. The monoisotopic (exact) mass is 492 g/mol. The van der Waals surface area contributed by atoms with Crippen molar-refractivity contribution in [2.24, 2.45) is 0 Å². The molecule has 0 unspecified atom stereocenters. The minimum absolute atomic E-state index is 0.0418. The second kappa shape index (κ2) is 9.64. The molecule has 10 heteroatoms. The number of thiazole rings is 2. The minimum Gasteiger partial charge on any atom is -0.346 e. The number of rotatable bonds is 5. The van der Waals surface area contributed by atoms with Crippen LogP contribution in [0.2, 0.25) is 5.02 Å². The second-order valence-electron chi connectivity index (χ2n) is 7.70. The highest BCUT2D eigenvalue weighted by Gasteiger charge is 2.28. The fourth-order valence-electron chi connectivity index (χ4n) is 3.71. The molecule has 0 bridgehead atoms. The third kappa shape index (κ3) is 5.00. The highest BCUT2D eigenvalue weighted by molar-refractivity contribution is 7.13. The van der Waals surface area contributed by atoms with Crippen LogP contribution in [0.3, 0.4) is 0 Å². The molecule has 3 aromatic rings. The summed E-state index contributed by atoms with van der Waals surface area (Å²) in [6, 6.07) is 4.36. The molecule has 1 saturated heterocycles. The molecule has 2 amide bonds. The molecule has 0 radical (unpaired) electrons. The van der Waals surface area contributed by atoms with Gasteiger partial charge in [0, 0.05) is 41.5 Å². The summed E-state index contributed by atoms with van der Waals surface area (Å²) in [5.41, 5.74) is 1.48. The maximum Gasteiger partial charge on any atom is 0.271 e. The number of benzene rings is 1. The van der Waals surface area contributed by atoms with E-state index < -0.39 is 5.82 Å². The zero-order valence-electron chi connectivity index (χ0n) is 17.7. The SMILES string of the molecule is Cc1nc(C)c(C(=O)N2CCC(c3nc(C(=O)NCc4ccc(Cl)cc4F)cs3)CC2)s1. The first-order chi connectivity index (χ1) is 15.3. The Morgan fingerprint density at radius 3 is 2.66 bits per heavy atom. The molecule has 6 nitrogen and oxygen atoms in total. The number of aromatic nitrogens is 2. The van der Waals surface area contributed by atoms with Crippen molar-refractivity contribution in [3.63, 3.8) is 0 Å². The van der Waals surface area contributed by atoms with Crippen molar-refractivity contribution in [1.82, 2.24) is 20.2 Å². The van der Waals surface area contributed by atoms with E-state index in [2.05, 4.69) is 15.3 Å². The van der Waals surface area contributed by atoms with Crippen LogP contribution in [0.25, 0.3) is 0 Å². The quantitative estimate of drug-likeness (QED) is 0.546. The Bertz CT molecular complexity index is 1150. The normalized spacial score (nSPS) is 14.6. The zero-order chi connectivity index (χ0) is 22.8. The summed E-state index contributed by atoms with van der Waals surface area (Å²) in [6.07, 6.45) is 1.60. The molecule has 0 spiro atoms. The fourth-order valence-corrected chi connectivity index (χ4v) is 5.73. The summed E-state index contributed by atoms with van der Waals surface area (Å²) >= 11 is 8.64. The molecular weight excluding hydrogens is 471 g/mol. The van der Waals surface area contributed by atoms with Gasteiger partial charge in [0.2, 0.25) is 0 Å². The molecule has 0 atom stereocenters. The maximum atomic E-state index is 13.9. The Labute approximate surface area is 198 Å². The molecule has 32 heavy (non-hydrogen) atoms. The molecule has 4 rings (SSSR count). The van der Waals surface area contributed by atoms with Gasteiger partial charge in [-0.3, -0.25) is 9.59 Å². The van der Waals surface area contributed by atoms with Crippen molar-refractivity contribution in [2.45, 2.75) is 39.2 Å². The number of piperidine rings is 1. The summed E-state index contributed by atoms with van der Waals surface area (Å²) < 4.78 is 13.9. The van der Waals surface area contributed by atoms with Gasteiger partial charge in [-0.05, 0) is 38.8 Å². The molecule has 1 aliphatic heterocycles. The number of aryl methyl sites for hydroxylation is 2. The molecular formula is C22H22ClFN4O2S2. The average Bonchev–Trinajstić information content (AvgIpc) is 3.39. The van der Waals surface area contributed by atoms with Gasteiger partial charge in [-0.25, -0.2) is 14.4 Å². The van der Waals surface area contributed by atoms with Crippen LogP contribution in [0.15, 0.2) is 23.6 Å². The molecule has 1 fully saturated rings. The van der Waals surface area contributed by atoms with Crippen molar-refractivity contribution in [1.29, 1.82) is 0 Å². The number of nitrogens with one attached hydrogen (secondary N) is 1. The molecule has 0 saturated carbocycles. The number of carbonyl (C=O) groups is 2. The number of carbonyl (C=O) groups excluding carboxylic acids is 2. The van der Waals surface area contributed by atoms with Gasteiger partial charge in [0.05, 0.1) is 15.7 Å². The first-order valence-corrected chi connectivity index (χ1v) is 12.3. The van der Waals surface area contributed by atoms with Crippen LogP contribution in [-0.2, 0) is 6.54 Å². The Morgan fingerprint density at radius 2 is 2.00 bits per heavy atom. The second-order valence-corrected chi connectivity index (χ2v) is 10.2.